The van der Waals surface area contributed by atoms with Gasteiger partial charge in [-0.05, 0) is 44.0 Å². The van der Waals surface area contributed by atoms with Crippen molar-refractivity contribution >= 4 is 15.9 Å². The van der Waals surface area contributed by atoms with Gasteiger partial charge < -0.3 is 5.32 Å². The molecule has 1 N–H and O–H groups in total. The molecule has 1 aromatic carbocycles. The van der Waals surface area contributed by atoms with Gasteiger partial charge in [0.1, 0.15) is 0 Å². The monoisotopic (exact) mass is 255 g/mol. The molecule has 0 aliphatic rings. The number of nitrogens with one attached hydrogen (secondary N) is 1. The third-order valence-corrected chi connectivity index (χ3v) is 2.90. The topological polar surface area (TPSA) is 12.0 Å². The molecule has 0 spiro atoms. The SMILES string of the molecule is CCC(C)NCCc1cccc(Br)c1. The maximum atomic E-state index is 3.48. The van der Waals surface area contributed by atoms with Crippen LogP contribution in [0.5, 0.6) is 0 Å². The molecule has 0 heterocycles. The Hall–Kier alpha value is -0.340. The maximum absolute atomic E-state index is 3.48. The van der Waals surface area contributed by atoms with Crippen LogP contribution in [-0.2, 0) is 6.42 Å². The van der Waals surface area contributed by atoms with Crippen molar-refractivity contribution in [1.82, 2.24) is 5.32 Å². The van der Waals surface area contributed by atoms with Crippen molar-refractivity contribution in [3.8, 4) is 0 Å². The van der Waals surface area contributed by atoms with Crippen molar-refractivity contribution in [2.24, 2.45) is 0 Å². The predicted molar refractivity (Wildman–Crippen MR) is 65.6 cm³/mol. The molecule has 1 aromatic rings. The summed E-state index contributed by atoms with van der Waals surface area (Å²) in [6.07, 6.45) is 2.29. The molecule has 0 aromatic heterocycles. The largest absolute Gasteiger partial charge is 0.314 e. The molecule has 14 heavy (non-hydrogen) atoms. The molecule has 0 amide bonds. The van der Waals surface area contributed by atoms with Crippen LogP contribution in [0.25, 0.3) is 0 Å². The van der Waals surface area contributed by atoms with Crippen LogP contribution >= 0.6 is 15.9 Å². The Balaban J connectivity index is 2.31. The Kier molecular flexibility index (Phi) is 5.20. The standard InChI is InChI=1S/C12H18BrN/c1-3-10(2)14-8-7-11-5-4-6-12(13)9-11/h4-6,9-10,14H,3,7-8H2,1-2H3. The normalized spacial score (nSPS) is 12.8. The molecule has 0 saturated heterocycles. The Bertz CT molecular complexity index is 273. The lowest BCUT2D eigenvalue weighted by molar-refractivity contribution is 0.537. The minimum Gasteiger partial charge on any atom is -0.314 e. The summed E-state index contributed by atoms with van der Waals surface area (Å²) in [4.78, 5) is 0. The molecule has 0 fully saturated rings. The van der Waals surface area contributed by atoms with Crippen molar-refractivity contribution in [2.75, 3.05) is 6.54 Å². The summed E-state index contributed by atoms with van der Waals surface area (Å²) in [7, 11) is 0. The summed E-state index contributed by atoms with van der Waals surface area (Å²) in [5.41, 5.74) is 1.38. The third-order valence-electron chi connectivity index (χ3n) is 2.41. The fraction of sp³-hybridized carbons (Fsp3) is 0.500. The first-order valence-corrected chi connectivity index (χ1v) is 5.99. The number of halogens is 1. The molecule has 0 radical (unpaired) electrons. The molecule has 0 bridgehead atoms. The lowest BCUT2D eigenvalue weighted by atomic mass is 10.1. The summed E-state index contributed by atoms with van der Waals surface area (Å²) >= 11 is 3.48. The predicted octanol–water partition coefficient (Wildman–Crippen LogP) is 3.38. The molecular formula is C12H18BrN. The minimum atomic E-state index is 0.627. The van der Waals surface area contributed by atoms with Gasteiger partial charge in [0, 0.05) is 10.5 Å². The van der Waals surface area contributed by atoms with Crippen molar-refractivity contribution in [3.05, 3.63) is 34.3 Å². The zero-order chi connectivity index (χ0) is 10.4. The van der Waals surface area contributed by atoms with E-state index in [0.717, 1.165) is 13.0 Å². The number of hydrogen-bond acceptors (Lipinski definition) is 1. The van der Waals surface area contributed by atoms with Crippen molar-refractivity contribution in [1.29, 1.82) is 0 Å². The maximum Gasteiger partial charge on any atom is 0.0178 e. The summed E-state index contributed by atoms with van der Waals surface area (Å²) < 4.78 is 1.17. The lowest BCUT2D eigenvalue weighted by Crippen LogP contribution is -2.27. The highest BCUT2D eigenvalue weighted by Gasteiger charge is 1.97. The zero-order valence-corrected chi connectivity index (χ0v) is 10.5. The molecule has 0 saturated carbocycles. The van der Waals surface area contributed by atoms with E-state index < -0.39 is 0 Å². The second-order valence-corrected chi connectivity index (χ2v) is 4.56. The van der Waals surface area contributed by atoms with Crippen LogP contribution in [0.3, 0.4) is 0 Å². The van der Waals surface area contributed by atoms with Gasteiger partial charge in [-0.15, -0.1) is 0 Å². The van der Waals surface area contributed by atoms with Gasteiger partial charge in [-0.2, -0.15) is 0 Å². The van der Waals surface area contributed by atoms with E-state index in [1.807, 2.05) is 0 Å². The smallest absolute Gasteiger partial charge is 0.0178 e. The average Bonchev–Trinajstić information content (AvgIpc) is 2.17. The van der Waals surface area contributed by atoms with E-state index >= 15 is 0 Å². The number of rotatable bonds is 5. The fourth-order valence-corrected chi connectivity index (χ4v) is 1.75. The van der Waals surface area contributed by atoms with Gasteiger partial charge in [0.05, 0.1) is 0 Å². The third kappa shape index (κ3) is 4.25. The van der Waals surface area contributed by atoms with Gasteiger partial charge in [-0.1, -0.05) is 35.0 Å². The van der Waals surface area contributed by atoms with E-state index in [-0.39, 0.29) is 0 Å². The fourth-order valence-electron chi connectivity index (χ4n) is 1.30. The van der Waals surface area contributed by atoms with E-state index in [1.165, 1.54) is 16.5 Å². The second-order valence-electron chi connectivity index (χ2n) is 3.64. The Labute approximate surface area is 95.0 Å². The van der Waals surface area contributed by atoms with Crippen LogP contribution in [0.1, 0.15) is 25.8 Å². The number of benzene rings is 1. The summed E-state index contributed by atoms with van der Waals surface area (Å²) in [6.45, 7) is 5.49. The van der Waals surface area contributed by atoms with E-state index in [0.29, 0.717) is 6.04 Å². The first-order valence-electron chi connectivity index (χ1n) is 5.20. The Morgan fingerprint density at radius 3 is 2.86 bits per heavy atom. The number of hydrogen-bond donors (Lipinski definition) is 1. The first kappa shape index (κ1) is 11.7. The van der Waals surface area contributed by atoms with Crippen molar-refractivity contribution in [2.45, 2.75) is 32.7 Å². The van der Waals surface area contributed by atoms with Crippen molar-refractivity contribution in [3.63, 3.8) is 0 Å². The van der Waals surface area contributed by atoms with Crippen LogP contribution in [0.4, 0.5) is 0 Å². The van der Waals surface area contributed by atoms with E-state index in [4.69, 9.17) is 0 Å². The van der Waals surface area contributed by atoms with Crippen LogP contribution in [0.15, 0.2) is 28.7 Å². The minimum absolute atomic E-state index is 0.627. The molecule has 1 atom stereocenters. The van der Waals surface area contributed by atoms with Gasteiger partial charge in [-0.3, -0.25) is 0 Å². The molecule has 1 rings (SSSR count). The molecule has 1 unspecified atom stereocenters. The Morgan fingerprint density at radius 2 is 2.21 bits per heavy atom. The molecule has 0 aliphatic carbocycles. The lowest BCUT2D eigenvalue weighted by Gasteiger charge is -2.10. The molecule has 0 aliphatic heterocycles. The highest BCUT2D eigenvalue weighted by molar-refractivity contribution is 9.10. The summed E-state index contributed by atoms with van der Waals surface area (Å²) in [6, 6.07) is 9.12. The van der Waals surface area contributed by atoms with Gasteiger partial charge in [-0.25, -0.2) is 0 Å². The van der Waals surface area contributed by atoms with Crippen LogP contribution < -0.4 is 5.32 Å². The van der Waals surface area contributed by atoms with Crippen LogP contribution in [-0.4, -0.2) is 12.6 Å². The second kappa shape index (κ2) is 6.20. The highest BCUT2D eigenvalue weighted by Crippen LogP contribution is 2.11. The van der Waals surface area contributed by atoms with Gasteiger partial charge in [0.15, 0.2) is 0 Å². The zero-order valence-electron chi connectivity index (χ0n) is 8.89. The van der Waals surface area contributed by atoms with E-state index in [9.17, 15) is 0 Å². The van der Waals surface area contributed by atoms with Gasteiger partial charge in [0.2, 0.25) is 0 Å². The first-order chi connectivity index (χ1) is 6.72. The summed E-state index contributed by atoms with van der Waals surface area (Å²) in [5, 5.41) is 3.48. The molecule has 2 heteroatoms. The molecule has 78 valence electrons. The quantitative estimate of drug-likeness (QED) is 0.851. The van der Waals surface area contributed by atoms with Crippen molar-refractivity contribution < 1.29 is 0 Å². The molecule has 1 nitrogen and oxygen atoms in total. The van der Waals surface area contributed by atoms with Crippen LogP contribution in [0, 0.1) is 0 Å². The Morgan fingerprint density at radius 1 is 1.43 bits per heavy atom. The average molecular weight is 256 g/mol. The van der Waals surface area contributed by atoms with E-state index in [2.05, 4.69) is 59.4 Å². The van der Waals surface area contributed by atoms with E-state index in [1.54, 1.807) is 0 Å². The van der Waals surface area contributed by atoms with Crippen LogP contribution in [0.2, 0.25) is 0 Å². The van der Waals surface area contributed by atoms with Gasteiger partial charge >= 0.3 is 0 Å². The van der Waals surface area contributed by atoms with Gasteiger partial charge in [0.25, 0.3) is 0 Å². The molecular weight excluding hydrogens is 238 g/mol. The highest BCUT2D eigenvalue weighted by atomic mass is 79.9. The summed E-state index contributed by atoms with van der Waals surface area (Å²) in [5.74, 6) is 0.